The van der Waals surface area contributed by atoms with Gasteiger partial charge in [-0.2, -0.15) is 4.31 Å². The van der Waals surface area contributed by atoms with Crippen LogP contribution in [0.2, 0.25) is 5.02 Å². The van der Waals surface area contributed by atoms with Crippen LogP contribution in [0.25, 0.3) is 11.5 Å². The van der Waals surface area contributed by atoms with Gasteiger partial charge in [0.15, 0.2) is 0 Å². The summed E-state index contributed by atoms with van der Waals surface area (Å²) in [5.41, 5.74) is 1.46. The van der Waals surface area contributed by atoms with Gasteiger partial charge >= 0.3 is 0 Å². The lowest BCUT2D eigenvalue weighted by molar-refractivity contribution is 0.338. The number of hydrogen-bond acceptors (Lipinski definition) is 7. The highest BCUT2D eigenvalue weighted by Crippen LogP contribution is 2.37. The van der Waals surface area contributed by atoms with Crippen LogP contribution in [0.15, 0.2) is 50.5 Å². The molecular formula is C20H21ClN4O4S. The number of nitrogens with zero attached hydrogens (tertiary/aromatic N) is 4. The summed E-state index contributed by atoms with van der Waals surface area (Å²) >= 11 is 6.07. The van der Waals surface area contributed by atoms with E-state index < -0.39 is 10.0 Å². The van der Waals surface area contributed by atoms with E-state index in [2.05, 4.69) is 15.1 Å². The van der Waals surface area contributed by atoms with Gasteiger partial charge in [0.05, 0.1) is 5.56 Å². The third-order valence-corrected chi connectivity index (χ3v) is 7.73. The Morgan fingerprint density at radius 1 is 1.07 bits per heavy atom. The van der Waals surface area contributed by atoms with Gasteiger partial charge < -0.3 is 13.7 Å². The van der Waals surface area contributed by atoms with Crippen LogP contribution in [0.3, 0.4) is 0 Å². The fraction of sp³-hybridized carbons (Fsp3) is 0.400. The molecule has 1 saturated carbocycles. The summed E-state index contributed by atoms with van der Waals surface area (Å²) < 4.78 is 38.6. The number of sulfonamides is 1. The molecule has 2 aliphatic rings. The average Bonchev–Trinajstić information content (AvgIpc) is 3.37. The van der Waals surface area contributed by atoms with Crippen molar-refractivity contribution in [2.45, 2.75) is 30.3 Å². The van der Waals surface area contributed by atoms with Crippen LogP contribution in [0, 0.1) is 0 Å². The molecule has 3 aromatic rings. The molecule has 1 aliphatic heterocycles. The molecule has 158 valence electrons. The lowest BCUT2D eigenvalue weighted by Gasteiger charge is -2.34. The summed E-state index contributed by atoms with van der Waals surface area (Å²) in [5, 5.41) is 8.68. The smallest absolute Gasteiger partial charge is 0.276 e. The van der Waals surface area contributed by atoms with E-state index in [9.17, 15) is 8.42 Å². The highest BCUT2D eigenvalue weighted by atomic mass is 35.5. The zero-order valence-electron chi connectivity index (χ0n) is 16.2. The monoisotopic (exact) mass is 448 g/mol. The molecule has 0 N–H and O–H groups in total. The van der Waals surface area contributed by atoms with Crippen LogP contribution in [0.4, 0.5) is 5.69 Å². The molecule has 0 bridgehead atoms. The number of benzene rings is 1. The number of aromatic nitrogens is 2. The van der Waals surface area contributed by atoms with Gasteiger partial charge in [-0.3, -0.25) is 0 Å². The Balaban J connectivity index is 1.28. The van der Waals surface area contributed by atoms with Crippen LogP contribution in [-0.4, -0.2) is 49.1 Å². The van der Waals surface area contributed by atoms with Gasteiger partial charge in [0.2, 0.25) is 11.0 Å². The predicted octanol–water partition coefficient (Wildman–Crippen LogP) is 3.76. The minimum absolute atomic E-state index is 0.114. The van der Waals surface area contributed by atoms with Gasteiger partial charge in [-0.1, -0.05) is 24.1 Å². The van der Waals surface area contributed by atoms with Crippen LogP contribution in [0.1, 0.15) is 31.1 Å². The van der Waals surface area contributed by atoms with Crippen molar-refractivity contribution in [3.05, 3.63) is 47.5 Å². The number of rotatable bonds is 5. The molecule has 2 fully saturated rings. The molecule has 30 heavy (non-hydrogen) atoms. The van der Waals surface area contributed by atoms with Crippen molar-refractivity contribution in [2.75, 3.05) is 31.1 Å². The molecule has 2 aromatic heterocycles. The third-order valence-electron chi connectivity index (χ3n) is 5.72. The normalized spacial score (nSPS) is 18.5. The van der Waals surface area contributed by atoms with Gasteiger partial charge in [-0.25, -0.2) is 8.42 Å². The molecule has 5 rings (SSSR count). The number of halogens is 1. The minimum atomic E-state index is -3.74. The Bertz CT molecular complexity index is 1150. The number of hydrogen-bond donors (Lipinski definition) is 0. The molecule has 0 unspecified atom stereocenters. The molecule has 1 aromatic carbocycles. The van der Waals surface area contributed by atoms with Gasteiger partial charge in [-0.05, 0) is 31.0 Å². The highest BCUT2D eigenvalue weighted by Gasteiger charge is 2.32. The van der Waals surface area contributed by atoms with Crippen LogP contribution >= 0.6 is 11.6 Å². The molecule has 10 heteroatoms. The van der Waals surface area contributed by atoms with E-state index in [4.69, 9.17) is 20.4 Å². The first kappa shape index (κ1) is 19.6. The minimum Gasteiger partial charge on any atom is -0.451 e. The number of anilines is 1. The molecule has 0 atom stereocenters. The van der Waals surface area contributed by atoms with E-state index in [1.807, 2.05) is 24.3 Å². The van der Waals surface area contributed by atoms with Crippen molar-refractivity contribution in [3.8, 4) is 11.5 Å². The molecule has 8 nitrogen and oxygen atoms in total. The Labute approximate surface area is 179 Å². The van der Waals surface area contributed by atoms with E-state index in [0.29, 0.717) is 48.6 Å². The Morgan fingerprint density at radius 3 is 2.57 bits per heavy atom. The lowest BCUT2D eigenvalue weighted by Crippen LogP contribution is -2.48. The topological polar surface area (TPSA) is 92.7 Å². The Hall–Kier alpha value is -2.36. The van der Waals surface area contributed by atoms with E-state index >= 15 is 0 Å². The maximum Gasteiger partial charge on any atom is 0.276 e. The molecule has 0 radical (unpaired) electrons. The molecule has 0 spiro atoms. The first-order valence-corrected chi connectivity index (χ1v) is 11.8. The number of furan rings is 1. The zero-order chi connectivity index (χ0) is 20.7. The fourth-order valence-corrected chi connectivity index (χ4v) is 5.25. The van der Waals surface area contributed by atoms with Crippen molar-refractivity contribution < 1.29 is 17.3 Å². The van der Waals surface area contributed by atoms with E-state index in [1.165, 1.54) is 23.1 Å². The average molecular weight is 449 g/mol. The summed E-state index contributed by atoms with van der Waals surface area (Å²) in [6.45, 7) is 1.86. The first-order chi connectivity index (χ1) is 14.5. The van der Waals surface area contributed by atoms with Crippen LogP contribution in [0.5, 0.6) is 0 Å². The van der Waals surface area contributed by atoms with Gasteiger partial charge in [-0.15, -0.1) is 10.2 Å². The SMILES string of the molecule is O=S(=O)(c1cc(-c2nnc(C3CCC3)o2)co1)N1CCN(c2cccc(Cl)c2)CC1. The largest absolute Gasteiger partial charge is 0.451 e. The second-order valence-electron chi connectivity index (χ2n) is 7.60. The lowest BCUT2D eigenvalue weighted by atomic mass is 9.85. The van der Waals surface area contributed by atoms with Gasteiger partial charge in [0, 0.05) is 48.9 Å². The second-order valence-corrected chi connectivity index (χ2v) is 9.90. The summed E-state index contributed by atoms with van der Waals surface area (Å²) in [7, 11) is -3.74. The Morgan fingerprint density at radius 2 is 1.87 bits per heavy atom. The highest BCUT2D eigenvalue weighted by molar-refractivity contribution is 7.89. The van der Waals surface area contributed by atoms with Gasteiger partial charge in [0.25, 0.3) is 15.9 Å². The predicted molar refractivity (Wildman–Crippen MR) is 111 cm³/mol. The van der Waals surface area contributed by atoms with E-state index in [0.717, 1.165) is 18.5 Å². The van der Waals surface area contributed by atoms with Crippen LogP contribution < -0.4 is 4.90 Å². The molecule has 0 amide bonds. The molecular weight excluding hydrogens is 428 g/mol. The summed E-state index contributed by atoms with van der Waals surface area (Å²) in [6, 6.07) is 9.01. The van der Waals surface area contributed by atoms with Gasteiger partial charge in [0.1, 0.15) is 6.26 Å². The fourth-order valence-electron chi connectivity index (χ4n) is 3.72. The quantitative estimate of drug-likeness (QED) is 0.586. The Kier molecular flexibility index (Phi) is 5.04. The second kappa shape index (κ2) is 7.72. The van der Waals surface area contributed by atoms with E-state index in [1.54, 1.807) is 0 Å². The number of piperazine rings is 1. The van der Waals surface area contributed by atoms with Crippen molar-refractivity contribution in [2.24, 2.45) is 0 Å². The maximum atomic E-state index is 13.0. The summed E-state index contributed by atoms with van der Waals surface area (Å²) in [5.74, 6) is 1.21. The first-order valence-electron chi connectivity index (χ1n) is 9.94. The molecule has 1 saturated heterocycles. The molecule has 1 aliphatic carbocycles. The van der Waals surface area contributed by atoms with E-state index in [-0.39, 0.29) is 11.0 Å². The summed E-state index contributed by atoms with van der Waals surface area (Å²) in [4.78, 5) is 2.12. The summed E-state index contributed by atoms with van der Waals surface area (Å²) in [6.07, 6.45) is 4.62. The van der Waals surface area contributed by atoms with Crippen molar-refractivity contribution in [1.82, 2.24) is 14.5 Å². The molecule has 3 heterocycles. The maximum absolute atomic E-state index is 13.0. The van der Waals surface area contributed by atoms with Crippen LogP contribution in [-0.2, 0) is 10.0 Å². The van der Waals surface area contributed by atoms with Crippen molar-refractivity contribution in [1.29, 1.82) is 0 Å². The zero-order valence-corrected chi connectivity index (χ0v) is 17.8. The van der Waals surface area contributed by atoms with Crippen molar-refractivity contribution >= 4 is 27.3 Å². The van der Waals surface area contributed by atoms with Crippen molar-refractivity contribution in [3.63, 3.8) is 0 Å². The third kappa shape index (κ3) is 3.61. The standard InChI is InChI=1S/C20H21ClN4O4S/c21-16-5-2-6-17(12-16)24-7-9-25(10-8-24)30(26,27)18-11-15(13-28-18)20-23-22-19(29-20)14-3-1-4-14/h2,5-6,11-14H,1,3-4,7-10H2.